The molecule has 0 saturated heterocycles. The molecule has 1 aliphatic carbocycles. The Morgan fingerprint density at radius 3 is 2.73 bits per heavy atom. The zero-order valence-electron chi connectivity index (χ0n) is 7.06. The second-order valence-corrected chi connectivity index (χ2v) is 3.11. The Balaban J connectivity index is 2.45. The molecule has 0 aromatic heterocycles. The largest absolute Gasteiger partial charge is 0.486 e. The van der Waals surface area contributed by atoms with Crippen LogP contribution in [0.1, 0.15) is 20.8 Å². The Bertz CT molecular complexity index is 292. The third kappa shape index (κ3) is 0.839. The van der Waals surface area contributed by atoms with Crippen LogP contribution in [0.3, 0.4) is 0 Å². The summed E-state index contributed by atoms with van der Waals surface area (Å²) >= 11 is 0. The van der Waals surface area contributed by atoms with Crippen LogP contribution in [0.25, 0.3) is 0 Å². The highest BCUT2D eigenvalue weighted by molar-refractivity contribution is 5.49. The molecule has 2 rings (SSSR count). The molecule has 1 heterocycles. The van der Waals surface area contributed by atoms with Crippen LogP contribution in [-0.4, -0.2) is 6.10 Å². The monoisotopic (exact) mass is 147 g/mol. The van der Waals surface area contributed by atoms with Crippen LogP contribution in [0.5, 0.6) is 0 Å². The Morgan fingerprint density at radius 1 is 1.36 bits per heavy atom. The summed E-state index contributed by atoms with van der Waals surface area (Å²) in [7, 11) is 0. The smallest absolute Gasteiger partial charge is 0.143 e. The maximum atomic E-state index is 5.50. The van der Waals surface area contributed by atoms with Gasteiger partial charge in [0.1, 0.15) is 11.9 Å². The van der Waals surface area contributed by atoms with E-state index in [1.807, 2.05) is 6.92 Å². The highest BCUT2D eigenvalue weighted by Crippen LogP contribution is 2.34. The van der Waals surface area contributed by atoms with Crippen molar-refractivity contribution in [2.75, 3.05) is 0 Å². The first-order valence-electron chi connectivity index (χ1n) is 3.85. The van der Waals surface area contributed by atoms with Crippen molar-refractivity contribution in [3.63, 3.8) is 0 Å². The molecule has 1 radical (unpaired) electrons. The van der Waals surface area contributed by atoms with Gasteiger partial charge in [-0.05, 0) is 38.0 Å². The van der Waals surface area contributed by atoms with Crippen LogP contribution in [0, 0.1) is 6.08 Å². The molecule has 0 aromatic rings. The molecule has 57 valence electrons. The summed E-state index contributed by atoms with van der Waals surface area (Å²) in [5.74, 6) is 0.910. The molecule has 1 unspecified atom stereocenters. The van der Waals surface area contributed by atoms with Crippen molar-refractivity contribution in [3.8, 4) is 0 Å². The fraction of sp³-hybridized carbons (Fsp3) is 0.400. The summed E-state index contributed by atoms with van der Waals surface area (Å²) in [6, 6.07) is 0. The van der Waals surface area contributed by atoms with Crippen molar-refractivity contribution >= 4 is 0 Å². The summed E-state index contributed by atoms with van der Waals surface area (Å²) in [6.07, 6.45) is 5.54. The Kier molecular flexibility index (Phi) is 1.22. The number of hydrogen-bond donors (Lipinski definition) is 0. The van der Waals surface area contributed by atoms with Crippen molar-refractivity contribution in [1.82, 2.24) is 0 Å². The van der Waals surface area contributed by atoms with E-state index in [0.717, 1.165) is 5.76 Å². The van der Waals surface area contributed by atoms with E-state index in [2.05, 4.69) is 26.0 Å². The zero-order chi connectivity index (χ0) is 8.01. The first-order chi connectivity index (χ1) is 5.18. The topological polar surface area (TPSA) is 9.23 Å². The molecule has 0 aromatic carbocycles. The lowest BCUT2D eigenvalue weighted by Crippen LogP contribution is -2.00. The van der Waals surface area contributed by atoms with Gasteiger partial charge in [0.15, 0.2) is 0 Å². The zero-order valence-corrected chi connectivity index (χ0v) is 7.06. The Morgan fingerprint density at radius 2 is 2.09 bits per heavy atom. The molecule has 1 nitrogen and oxygen atoms in total. The maximum Gasteiger partial charge on any atom is 0.143 e. The van der Waals surface area contributed by atoms with E-state index in [1.165, 1.54) is 16.7 Å². The normalized spacial score (nSPS) is 28.1. The SMILES string of the molecule is CC1=[C]C2=C(C)C(C)=CC2O1. The van der Waals surface area contributed by atoms with Crippen LogP contribution in [0.4, 0.5) is 0 Å². The van der Waals surface area contributed by atoms with Gasteiger partial charge in [-0.25, -0.2) is 0 Å². The summed E-state index contributed by atoms with van der Waals surface area (Å²) in [6.45, 7) is 6.18. The Labute approximate surface area is 67.1 Å². The molecule has 0 N–H and O–H groups in total. The molecule has 2 aliphatic rings. The average Bonchev–Trinajstić information content (AvgIpc) is 2.37. The minimum Gasteiger partial charge on any atom is -0.486 e. The van der Waals surface area contributed by atoms with E-state index in [1.54, 1.807) is 0 Å². The van der Waals surface area contributed by atoms with Crippen molar-refractivity contribution in [2.24, 2.45) is 0 Å². The molecular formula is C10H11O. The van der Waals surface area contributed by atoms with Crippen molar-refractivity contribution in [3.05, 3.63) is 34.6 Å². The van der Waals surface area contributed by atoms with Gasteiger partial charge in [-0.15, -0.1) is 0 Å². The van der Waals surface area contributed by atoms with E-state index in [4.69, 9.17) is 4.74 Å². The van der Waals surface area contributed by atoms with E-state index in [0.29, 0.717) is 0 Å². The number of ether oxygens (including phenoxy) is 1. The predicted molar refractivity (Wildman–Crippen MR) is 43.8 cm³/mol. The predicted octanol–water partition coefficient (Wildman–Crippen LogP) is 2.37. The first kappa shape index (κ1) is 6.71. The van der Waals surface area contributed by atoms with Crippen molar-refractivity contribution in [2.45, 2.75) is 26.9 Å². The number of fused-ring (bicyclic) bond motifs is 1. The molecule has 11 heavy (non-hydrogen) atoms. The van der Waals surface area contributed by atoms with Gasteiger partial charge in [0.25, 0.3) is 0 Å². The molecule has 1 aliphatic heterocycles. The maximum absolute atomic E-state index is 5.50. The third-order valence-electron chi connectivity index (χ3n) is 2.30. The van der Waals surface area contributed by atoms with E-state index < -0.39 is 0 Å². The lowest BCUT2D eigenvalue weighted by Gasteiger charge is -2.03. The van der Waals surface area contributed by atoms with Crippen LogP contribution < -0.4 is 0 Å². The summed E-state index contributed by atoms with van der Waals surface area (Å²) in [5, 5.41) is 0. The molecule has 0 bridgehead atoms. The van der Waals surface area contributed by atoms with E-state index >= 15 is 0 Å². The molecule has 1 atom stereocenters. The highest BCUT2D eigenvalue weighted by Gasteiger charge is 2.26. The second kappa shape index (κ2) is 2.00. The van der Waals surface area contributed by atoms with Gasteiger partial charge < -0.3 is 4.74 Å². The fourth-order valence-electron chi connectivity index (χ4n) is 1.53. The third-order valence-corrected chi connectivity index (χ3v) is 2.30. The van der Waals surface area contributed by atoms with Gasteiger partial charge in [-0.1, -0.05) is 0 Å². The highest BCUT2D eigenvalue weighted by atomic mass is 16.5. The number of rotatable bonds is 0. The lowest BCUT2D eigenvalue weighted by molar-refractivity contribution is 0.207. The lowest BCUT2D eigenvalue weighted by atomic mass is 10.1. The molecule has 0 fully saturated rings. The van der Waals surface area contributed by atoms with Crippen LogP contribution >= 0.6 is 0 Å². The van der Waals surface area contributed by atoms with Gasteiger partial charge >= 0.3 is 0 Å². The first-order valence-corrected chi connectivity index (χ1v) is 3.85. The van der Waals surface area contributed by atoms with Crippen molar-refractivity contribution in [1.29, 1.82) is 0 Å². The molecule has 0 amide bonds. The van der Waals surface area contributed by atoms with Gasteiger partial charge in [-0.3, -0.25) is 0 Å². The van der Waals surface area contributed by atoms with E-state index in [-0.39, 0.29) is 6.10 Å². The number of hydrogen-bond acceptors (Lipinski definition) is 1. The van der Waals surface area contributed by atoms with Gasteiger partial charge in [-0.2, -0.15) is 0 Å². The Hall–Kier alpha value is -0.980. The molecular weight excluding hydrogens is 136 g/mol. The van der Waals surface area contributed by atoms with E-state index in [9.17, 15) is 0 Å². The summed E-state index contributed by atoms with van der Waals surface area (Å²) in [4.78, 5) is 0. The minimum absolute atomic E-state index is 0.176. The van der Waals surface area contributed by atoms with Crippen molar-refractivity contribution < 1.29 is 4.74 Å². The quantitative estimate of drug-likeness (QED) is 0.511. The van der Waals surface area contributed by atoms with Crippen LogP contribution in [0.2, 0.25) is 0 Å². The fourth-order valence-corrected chi connectivity index (χ4v) is 1.53. The van der Waals surface area contributed by atoms with Gasteiger partial charge in [0.2, 0.25) is 0 Å². The molecule has 0 saturated carbocycles. The minimum atomic E-state index is 0.176. The van der Waals surface area contributed by atoms with Crippen LogP contribution in [-0.2, 0) is 4.74 Å². The molecule has 1 heteroatoms. The average molecular weight is 147 g/mol. The van der Waals surface area contributed by atoms with Crippen LogP contribution in [0.15, 0.2) is 28.6 Å². The summed E-state index contributed by atoms with van der Waals surface area (Å²) in [5.41, 5.74) is 3.87. The number of allylic oxidation sites excluding steroid dienone is 3. The summed E-state index contributed by atoms with van der Waals surface area (Å²) < 4.78 is 5.50. The second-order valence-electron chi connectivity index (χ2n) is 3.11. The standard InChI is InChI=1S/C10H11O/c1-6-4-10-9(8(6)3)5-7(2)11-10/h4,10H,1-3H3. The van der Waals surface area contributed by atoms with Gasteiger partial charge in [0, 0.05) is 11.6 Å². The molecule has 0 spiro atoms. The van der Waals surface area contributed by atoms with Gasteiger partial charge in [0.05, 0.1) is 0 Å².